The van der Waals surface area contributed by atoms with Gasteiger partial charge in [-0.25, -0.2) is 8.70 Å². The van der Waals surface area contributed by atoms with E-state index in [1.54, 1.807) is 24.1 Å². The lowest BCUT2D eigenvalue weighted by molar-refractivity contribution is -0.136. The van der Waals surface area contributed by atoms with Crippen LogP contribution >= 0.6 is 11.9 Å². The van der Waals surface area contributed by atoms with E-state index < -0.39 is 0 Å². The number of carbonyl (C=O) groups excluding carboxylic acids is 1. The molecule has 3 heterocycles. The van der Waals surface area contributed by atoms with E-state index in [-0.39, 0.29) is 17.6 Å². The third-order valence-corrected chi connectivity index (χ3v) is 7.66. The van der Waals surface area contributed by atoms with Gasteiger partial charge < -0.3 is 9.80 Å². The van der Waals surface area contributed by atoms with E-state index in [9.17, 15) is 9.18 Å². The summed E-state index contributed by atoms with van der Waals surface area (Å²) in [7, 11) is 0. The fraction of sp³-hybridized carbons (Fsp3) is 0.385. The van der Waals surface area contributed by atoms with Crippen molar-refractivity contribution in [3.05, 3.63) is 66.1 Å². The van der Waals surface area contributed by atoms with Crippen LogP contribution in [-0.4, -0.2) is 59.4 Å². The van der Waals surface area contributed by atoms with Crippen LogP contribution in [0.25, 0.3) is 10.9 Å². The molecule has 0 spiro atoms. The van der Waals surface area contributed by atoms with Crippen molar-refractivity contribution < 1.29 is 9.18 Å². The van der Waals surface area contributed by atoms with Gasteiger partial charge in [-0.1, -0.05) is 12.1 Å². The maximum Gasteiger partial charge on any atom is 0.227 e. The lowest BCUT2D eigenvalue weighted by atomic mass is 9.97. The number of fused-ring (bicyclic) bond motifs is 1. The van der Waals surface area contributed by atoms with Crippen molar-refractivity contribution in [3.63, 3.8) is 0 Å². The molecule has 2 saturated heterocycles. The summed E-state index contributed by atoms with van der Waals surface area (Å²) in [6, 6.07) is 15.1. The smallest absolute Gasteiger partial charge is 0.227 e. The number of carbonyl (C=O) groups is 1. The summed E-state index contributed by atoms with van der Waals surface area (Å²) in [6.45, 7) is 6.94. The van der Waals surface area contributed by atoms with Gasteiger partial charge in [-0.2, -0.15) is 0 Å². The summed E-state index contributed by atoms with van der Waals surface area (Å²) in [4.78, 5) is 23.3. The number of hydrogen-bond donors (Lipinski definition) is 0. The van der Waals surface area contributed by atoms with Gasteiger partial charge in [0.1, 0.15) is 5.82 Å². The largest absolute Gasteiger partial charge is 0.367 e. The average Bonchev–Trinajstić information content (AvgIpc) is 2.85. The van der Waals surface area contributed by atoms with Crippen LogP contribution in [0, 0.1) is 18.7 Å². The molecule has 2 aliphatic rings. The predicted molar refractivity (Wildman–Crippen MR) is 132 cm³/mol. The van der Waals surface area contributed by atoms with Gasteiger partial charge in [0, 0.05) is 61.4 Å². The van der Waals surface area contributed by atoms with Crippen LogP contribution < -0.4 is 4.90 Å². The number of hydrogen-bond acceptors (Lipinski definition) is 5. The first-order valence-corrected chi connectivity index (χ1v) is 12.4. The van der Waals surface area contributed by atoms with E-state index in [4.69, 9.17) is 0 Å². The topological polar surface area (TPSA) is 39.7 Å². The van der Waals surface area contributed by atoms with Crippen LogP contribution in [0.5, 0.6) is 0 Å². The molecule has 1 atom stereocenters. The zero-order valence-electron chi connectivity index (χ0n) is 18.9. The first-order chi connectivity index (χ1) is 16.1. The zero-order valence-corrected chi connectivity index (χ0v) is 19.7. The number of amides is 1. The number of piperazine rings is 1. The lowest BCUT2D eigenvalue weighted by Crippen LogP contribution is -2.52. The van der Waals surface area contributed by atoms with Gasteiger partial charge in [0.05, 0.1) is 11.4 Å². The van der Waals surface area contributed by atoms with Crippen LogP contribution in [0.1, 0.15) is 18.4 Å². The number of rotatable bonds is 4. The van der Waals surface area contributed by atoms with Crippen molar-refractivity contribution in [2.45, 2.75) is 24.7 Å². The van der Waals surface area contributed by atoms with Crippen molar-refractivity contribution >= 4 is 34.4 Å². The average molecular weight is 465 g/mol. The highest BCUT2D eigenvalue weighted by atomic mass is 32.2. The molecule has 2 aliphatic heterocycles. The molecule has 0 bridgehead atoms. The van der Waals surface area contributed by atoms with E-state index in [1.165, 1.54) is 28.8 Å². The molecule has 0 N–H and O–H groups in total. The number of nitrogens with zero attached hydrogens (tertiary/aromatic N) is 4. The molecule has 5 rings (SSSR count). The van der Waals surface area contributed by atoms with Crippen molar-refractivity contribution in [1.82, 2.24) is 14.2 Å². The molecule has 7 heteroatoms. The van der Waals surface area contributed by atoms with Crippen molar-refractivity contribution in [1.29, 1.82) is 0 Å². The Labute approximate surface area is 198 Å². The number of benzene rings is 2. The number of pyridine rings is 1. The Morgan fingerprint density at radius 3 is 2.61 bits per heavy atom. The van der Waals surface area contributed by atoms with Crippen LogP contribution in [0.3, 0.4) is 0 Å². The highest BCUT2D eigenvalue weighted by Crippen LogP contribution is 2.31. The highest BCUT2D eigenvalue weighted by Gasteiger charge is 2.31. The van der Waals surface area contributed by atoms with E-state index in [1.807, 2.05) is 11.1 Å². The maximum absolute atomic E-state index is 13.3. The summed E-state index contributed by atoms with van der Waals surface area (Å²) in [5.74, 6) is 0.0808. The number of piperidine rings is 1. The van der Waals surface area contributed by atoms with E-state index in [0.29, 0.717) is 0 Å². The molecule has 5 nitrogen and oxygen atoms in total. The minimum absolute atomic E-state index is 0.0305. The third-order valence-electron chi connectivity index (χ3n) is 6.59. The molecule has 0 radical (unpaired) electrons. The Balaban J connectivity index is 1.19. The number of anilines is 1. The normalized spacial score (nSPS) is 19.8. The first kappa shape index (κ1) is 22.2. The third kappa shape index (κ3) is 4.99. The second-order valence-electron chi connectivity index (χ2n) is 8.94. The predicted octanol–water partition coefficient (Wildman–Crippen LogP) is 4.75. The minimum atomic E-state index is -0.222. The van der Waals surface area contributed by atoms with Crippen LogP contribution in [0.2, 0.25) is 0 Å². The standard InChI is InChI=1S/C26H29FN4OS/c1-19-4-9-23-24(17-19)28-11-10-25(23)29-13-15-30(16-14-29)26(32)20-3-2-12-31(18-20)33-22-7-5-21(27)6-8-22/h4-11,17,20H,2-3,12-16,18H2,1H3. The maximum atomic E-state index is 13.3. The Morgan fingerprint density at radius 1 is 1.03 bits per heavy atom. The molecule has 1 unspecified atom stereocenters. The first-order valence-electron chi connectivity index (χ1n) is 11.6. The molecule has 1 amide bonds. The van der Waals surface area contributed by atoms with Gasteiger partial charge in [0.2, 0.25) is 5.91 Å². The number of aryl methyl sites for hydroxylation is 1. The summed E-state index contributed by atoms with van der Waals surface area (Å²) in [5.41, 5.74) is 3.43. The van der Waals surface area contributed by atoms with Crippen LogP contribution in [-0.2, 0) is 4.79 Å². The van der Waals surface area contributed by atoms with E-state index in [2.05, 4.69) is 45.4 Å². The van der Waals surface area contributed by atoms with Crippen molar-refractivity contribution in [2.75, 3.05) is 44.2 Å². The molecule has 33 heavy (non-hydrogen) atoms. The van der Waals surface area contributed by atoms with E-state index >= 15 is 0 Å². The van der Waals surface area contributed by atoms with Gasteiger partial charge >= 0.3 is 0 Å². The second kappa shape index (κ2) is 9.69. The fourth-order valence-electron chi connectivity index (χ4n) is 4.82. The van der Waals surface area contributed by atoms with Crippen LogP contribution in [0.4, 0.5) is 10.1 Å². The van der Waals surface area contributed by atoms with E-state index in [0.717, 1.165) is 62.5 Å². The lowest BCUT2D eigenvalue weighted by Gasteiger charge is -2.39. The number of halogens is 1. The van der Waals surface area contributed by atoms with Gasteiger partial charge in [-0.05, 0) is 73.7 Å². The van der Waals surface area contributed by atoms with Gasteiger partial charge in [-0.15, -0.1) is 0 Å². The summed E-state index contributed by atoms with van der Waals surface area (Å²) >= 11 is 1.62. The molecule has 2 aromatic carbocycles. The Kier molecular flexibility index (Phi) is 6.51. The summed E-state index contributed by atoms with van der Waals surface area (Å²) < 4.78 is 15.4. The van der Waals surface area contributed by atoms with Gasteiger partial charge in [-0.3, -0.25) is 9.78 Å². The van der Waals surface area contributed by atoms with Crippen molar-refractivity contribution in [2.24, 2.45) is 5.92 Å². The van der Waals surface area contributed by atoms with Crippen molar-refractivity contribution in [3.8, 4) is 0 Å². The number of aromatic nitrogens is 1. The molecule has 0 saturated carbocycles. The SMILES string of the molecule is Cc1ccc2c(N3CCN(C(=O)C4CCCN(Sc5ccc(F)cc5)C4)CC3)ccnc2c1. The Hall–Kier alpha value is -2.64. The van der Waals surface area contributed by atoms with Gasteiger partial charge in [0.25, 0.3) is 0 Å². The quantitative estimate of drug-likeness (QED) is 0.521. The molecular formula is C26H29FN4OS. The molecule has 0 aliphatic carbocycles. The molecular weight excluding hydrogens is 435 g/mol. The Bertz CT molecular complexity index is 1130. The van der Waals surface area contributed by atoms with Crippen LogP contribution in [0.15, 0.2) is 59.6 Å². The molecule has 1 aromatic heterocycles. The summed E-state index contributed by atoms with van der Waals surface area (Å²) in [6.07, 6.45) is 3.82. The highest BCUT2D eigenvalue weighted by molar-refractivity contribution is 7.97. The monoisotopic (exact) mass is 464 g/mol. The molecule has 3 aromatic rings. The molecule has 2 fully saturated rings. The summed E-state index contributed by atoms with van der Waals surface area (Å²) in [5, 5.41) is 1.17. The minimum Gasteiger partial charge on any atom is -0.367 e. The fourth-order valence-corrected chi connectivity index (χ4v) is 5.85. The van der Waals surface area contributed by atoms with Gasteiger partial charge in [0.15, 0.2) is 0 Å². The Morgan fingerprint density at radius 2 is 1.82 bits per heavy atom. The zero-order chi connectivity index (χ0) is 22.8. The second-order valence-corrected chi connectivity index (χ2v) is 10.1. The molecule has 172 valence electrons.